The fourth-order valence-corrected chi connectivity index (χ4v) is 3.16. The van der Waals surface area contributed by atoms with E-state index in [0.717, 1.165) is 11.1 Å². The summed E-state index contributed by atoms with van der Waals surface area (Å²) < 4.78 is 0. The van der Waals surface area contributed by atoms with Crippen LogP contribution in [0.3, 0.4) is 0 Å². The number of phenols is 1. The van der Waals surface area contributed by atoms with Gasteiger partial charge in [0.25, 0.3) is 5.91 Å². The highest BCUT2D eigenvalue weighted by atomic mass is 16.4. The lowest BCUT2D eigenvalue weighted by atomic mass is 10.0. The molecule has 0 spiro atoms. The molecule has 152 valence electrons. The number of anilines is 1. The maximum absolute atomic E-state index is 12.7. The van der Waals surface area contributed by atoms with E-state index in [-0.39, 0.29) is 22.8 Å². The summed E-state index contributed by atoms with van der Waals surface area (Å²) in [4.78, 5) is 35.0. The van der Waals surface area contributed by atoms with Crippen LogP contribution in [0.4, 0.5) is 5.69 Å². The van der Waals surface area contributed by atoms with Crippen LogP contribution in [0.1, 0.15) is 42.2 Å². The number of rotatable bonds is 5. The Bertz CT molecular complexity index is 1150. The molecule has 3 aromatic carbocycles. The number of primary amides is 1. The SMILES string of the molecule is Cc1cc(C(=O)O)c(O)c(C)c1NC(=O)c1ccc(-c2ccc(C(N)=O)cc2)cc1. The van der Waals surface area contributed by atoms with E-state index < -0.39 is 11.9 Å². The second-order valence-electron chi connectivity index (χ2n) is 6.87. The molecule has 0 heterocycles. The van der Waals surface area contributed by atoms with Gasteiger partial charge in [-0.1, -0.05) is 24.3 Å². The zero-order valence-electron chi connectivity index (χ0n) is 16.4. The van der Waals surface area contributed by atoms with Crippen LogP contribution in [0.5, 0.6) is 5.75 Å². The molecule has 0 fully saturated rings. The summed E-state index contributed by atoms with van der Waals surface area (Å²) in [7, 11) is 0. The van der Waals surface area contributed by atoms with E-state index in [1.54, 1.807) is 62.4 Å². The molecule has 0 bridgehead atoms. The van der Waals surface area contributed by atoms with E-state index in [9.17, 15) is 19.5 Å². The molecular weight excluding hydrogens is 384 g/mol. The molecule has 0 aliphatic rings. The van der Waals surface area contributed by atoms with Crippen molar-refractivity contribution in [3.63, 3.8) is 0 Å². The lowest BCUT2D eigenvalue weighted by Gasteiger charge is -2.15. The molecule has 3 rings (SSSR count). The van der Waals surface area contributed by atoms with Crippen LogP contribution in [-0.2, 0) is 0 Å². The number of aromatic carboxylic acids is 1. The summed E-state index contributed by atoms with van der Waals surface area (Å²) >= 11 is 0. The average molecular weight is 404 g/mol. The first-order chi connectivity index (χ1) is 14.2. The molecule has 0 saturated heterocycles. The van der Waals surface area contributed by atoms with Gasteiger partial charge in [0.05, 0.1) is 5.69 Å². The molecule has 0 unspecified atom stereocenters. The monoisotopic (exact) mass is 404 g/mol. The van der Waals surface area contributed by atoms with Gasteiger partial charge in [0.15, 0.2) is 0 Å². The summed E-state index contributed by atoms with van der Waals surface area (Å²) in [6.45, 7) is 3.20. The number of carboxylic acids is 1. The van der Waals surface area contributed by atoms with Crippen molar-refractivity contribution in [1.82, 2.24) is 0 Å². The van der Waals surface area contributed by atoms with E-state index in [0.29, 0.717) is 22.4 Å². The zero-order valence-corrected chi connectivity index (χ0v) is 16.4. The Morgan fingerprint density at radius 3 is 1.83 bits per heavy atom. The number of benzene rings is 3. The van der Waals surface area contributed by atoms with E-state index in [4.69, 9.17) is 10.8 Å². The third-order valence-electron chi connectivity index (χ3n) is 4.86. The van der Waals surface area contributed by atoms with Crippen molar-refractivity contribution in [3.8, 4) is 16.9 Å². The van der Waals surface area contributed by atoms with Gasteiger partial charge >= 0.3 is 5.97 Å². The number of carbonyl (C=O) groups excluding carboxylic acids is 2. The van der Waals surface area contributed by atoms with Crippen molar-refractivity contribution in [2.75, 3.05) is 5.32 Å². The molecule has 5 N–H and O–H groups in total. The van der Waals surface area contributed by atoms with Crippen LogP contribution < -0.4 is 11.1 Å². The van der Waals surface area contributed by atoms with Gasteiger partial charge in [-0.25, -0.2) is 4.79 Å². The van der Waals surface area contributed by atoms with Crippen LogP contribution in [0.2, 0.25) is 0 Å². The van der Waals surface area contributed by atoms with Crippen molar-refractivity contribution in [1.29, 1.82) is 0 Å². The van der Waals surface area contributed by atoms with Gasteiger partial charge in [-0.3, -0.25) is 9.59 Å². The highest BCUT2D eigenvalue weighted by Gasteiger charge is 2.19. The van der Waals surface area contributed by atoms with E-state index in [1.807, 2.05) is 0 Å². The first-order valence-corrected chi connectivity index (χ1v) is 9.07. The van der Waals surface area contributed by atoms with E-state index in [2.05, 4.69) is 5.32 Å². The molecule has 3 aromatic rings. The molecule has 0 aliphatic carbocycles. The predicted octanol–water partition coefficient (Wildman–Crippen LogP) is 3.73. The number of hydrogen-bond acceptors (Lipinski definition) is 4. The minimum absolute atomic E-state index is 0.213. The third kappa shape index (κ3) is 4.00. The van der Waals surface area contributed by atoms with Gasteiger partial charge in [-0.2, -0.15) is 0 Å². The number of amides is 2. The first-order valence-electron chi connectivity index (χ1n) is 9.07. The third-order valence-corrected chi connectivity index (χ3v) is 4.86. The van der Waals surface area contributed by atoms with Crippen molar-refractivity contribution in [3.05, 3.63) is 82.4 Å². The second kappa shape index (κ2) is 8.08. The Hall–Kier alpha value is -4.13. The number of carbonyl (C=O) groups is 3. The molecule has 30 heavy (non-hydrogen) atoms. The number of nitrogens with two attached hydrogens (primary N) is 1. The number of carboxylic acid groups (broad SMARTS) is 1. The minimum Gasteiger partial charge on any atom is -0.507 e. The van der Waals surface area contributed by atoms with Gasteiger partial charge < -0.3 is 21.3 Å². The Kier molecular flexibility index (Phi) is 5.55. The molecule has 2 amide bonds. The zero-order chi connectivity index (χ0) is 22.0. The Labute approximate surface area is 172 Å². The fraction of sp³-hybridized carbons (Fsp3) is 0.0870. The molecule has 0 aliphatic heterocycles. The average Bonchev–Trinajstić information content (AvgIpc) is 2.73. The number of aromatic hydroxyl groups is 1. The summed E-state index contributed by atoms with van der Waals surface area (Å²) in [5.74, 6) is -2.50. The van der Waals surface area contributed by atoms with Gasteiger partial charge in [-0.05, 0) is 60.9 Å². The summed E-state index contributed by atoms with van der Waals surface area (Å²) in [5, 5.41) is 22.0. The van der Waals surface area contributed by atoms with Gasteiger partial charge in [-0.15, -0.1) is 0 Å². The van der Waals surface area contributed by atoms with Crippen LogP contribution in [0, 0.1) is 13.8 Å². The predicted molar refractivity (Wildman–Crippen MR) is 113 cm³/mol. The summed E-state index contributed by atoms with van der Waals surface area (Å²) in [6.07, 6.45) is 0. The fourth-order valence-electron chi connectivity index (χ4n) is 3.16. The van der Waals surface area contributed by atoms with Gasteiger partial charge in [0.1, 0.15) is 11.3 Å². The maximum Gasteiger partial charge on any atom is 0.339 e. The summed E-state index contributed by atoms with van der Waals surface area (Å²) in [6, 6.07) is 15.0. The number of hydrogen-bond donors (Lipinski definition) is 4. The molecule has 0 saturated carbocycles. The molecule has 0 aromatic heterocycles. The highest BCUT2D eigenvalue weighted by molar-refractivity contribution is 6.06. The molecule has 7 nitrogen and oxygen atoms in total. The van der Waals surface area contributed by atoms with Crippen molar-refractivity contribution in [2.45, 2.75) is 13.8 Å². The molecule has 0 radical (unpaired) electrons. The van der Waals surface area contributed by atoms with Crippen LogP contribution in [0.25, 0.3) is 11.1 Å². The lowest BCUT2D eigenvalue weighted by molar-refractivity contribution is 0.0693. The first kappa shape index (κ1) is 20.6. The van der Waals surface area contributed by atoms with Crippen LogP contribution in [0.15, 0.2) is 54.6 Å². The van der Waals surface area contributed by atoms with Gasteiger partial charge in [0.2, 0.25) is 5.91 Å². The highest BCUT2D eigenvalue weighted by Crippen LogP contribution is 2.32. The van der Waals surface area contributed by atoms with Crippen molar-refractivity contribution >= 4 is 23.5 Å². The van der Waals surface area contributed by atoms with Crippen LogP contribution >= 0.6 is 0 Å². The van der Waals surface area contributed by atoms with Crippen molar-refractivity contribution < 1.29 is 24.6 Å². The van der Waals surface area contributed by atoms with Gasteiger partial charge in [0, 0.05) is 16.7 Å². The van der Waals surface area contributed by atoms with E-state index in [1.165, 1.54) is 6.07 Å². The Morgan fingerprint density at radius 2 is 1.37 bits per heavy atom. The standard InChI is InChI=1S/C23H20N2O5/c1-12-11-18(23(29)30)20(26)13(2)19(12)25-22(28)17-9-5-15(6-10-17)14-3-7-16(8-4-14)21(24)27/h3-11,26H,1-2H3,(H2,24,27)(H,25,28)(H,29,30). The summed E-state index contributed by atoms with van der Waals surface area (Å²) in [5.41, 5.74) is 8.75. The van der Waals surface area contributed by atoms with Crippen molar-refractivity contribution in [2.24, 2.45) is 5.73 Å². The number of nitrogens with one attached hydrogen (secondary N) is 1. The quantitative estimate of drug-likeness (QED) is 0.515. The molecule has 0 atom stereocenters. The second-order valence-corrected chi connectivity index (χ2v) is 6.87. The van der Waals surface area contributed by atoms with Crippen LogP contribution in [-0.4, -0.2) is 28.0 Å². The topological polar surface area (TPSA) is 130 Å². The van der Waals surface area contributed by atoms with E-state index >= 15 is 0 Å². The normalized spacial score (nSPS) is 10.5. The maximum atomic E-state index is 12.7. The largest absolute Gasteiger partial charge is 0.507 e. The smallest absolute Gasteiger partial charge is 0.339 e. The minimum atomic E-state index is -1.24. The Morgan fingerprint density at radius 1 is 0.867 bits per heavy atom. The lowest BCUT2D eigenvalue weighted by Crippen LogP contribution is -2.14. The molecular formula is C23H20N2O5. The number of aryl methyl sites for hydroxylation is 1. The molecule has 7 heteroatoms. The Balaban J connectivity index is 1.82.